The van der Waals surface area contributed by atoms with E-state index in [2.05, 4.69) is 4.98 Å². The molecule has 0 amide bonds. The van der Waals surface area contributed by atoms with Crippen LogP contribution in [0, 0.1) is 13.8 Å². The fourth-order valence-electron chi connectivity index (χ4n) is 1.39. The van der Waals surface area contributed by atoms with Crippen LogP contribution in [0.1, 0.15) is 22.9 Å². The third kappa shape index (κ3) is 2.12. The van der Waals surface area contributed by atoms with Gasteiger partial charge in [0.2, 0.25) is 0 Å². The van der Waals surface area contributed by atoms with Crippen LogP contribution < -0.4 is 5.73 Å². The highest BCUT2D eigenvalue weighted by atomic mass is 16.4. The Kier molecular flexibility index (Phi) is 3.46. The van der Waals surface area contributed by atoms with E-state index in [0.717, 1.165) is 0 Å². The van der Waals surface area contributed by atoms with Gasteiger partial charge in [-0.3, -0.25) is 9.78 Å². The SMILES string of the molecule is Cc1cnc(C)c(O)c1[C@H](O)[C@@H](N)C(=O)O. The van der Waals surface area contributed by atoms with Crippen LogP contribution in [0.2, 0.25) is 0 Å². The molecular formula is C10H14N2O4. The first-order valence-corrected chi connectivity index (χ1v) is 4.67. The summed E-state index contributed by atoms with van der Waals surface area (Å²) in [5.41, 5.74) is 6.22. The largest absolute Gasteiger partial charge is 0.506 e. The van der Waals surface area contributed by atoms with Crippen molar-refractivity contribution in [2.24, 2.45) is 5.73 Å². The van der Waals surface area contributed by atoms with E-state index >= 15 is 0 Å². The van der Waals surface area contributed by atoms with Gasteiger partial charge in [-0.15, -0.1) is 0 Å². The van der Waals surface area contributed by atoms with E-state index in [4.69, 9.17) is 10.8 Å². The first-order chi connectivity index (χ1) is 7.36. The predicted molar refractivity (Wildman–Crippen MR) is 55.9 cm³/mol. The van der Waals surface area contributed by atoms with E-state index in [1.807, 2.05) is 0 Å². The highest BCUT2D eigenvalue weighted by Crippen LogP contribution is 2.30. The molecule has 1 rings (SSSR count). The number of carboxylic acid groups (broad SMARTS) is 1. The van der Waals surface area contributed by atoms with Crippen LogP contribution in [0.15, 0.2) is 6.20 Å². The molecule has 88 valence electrons. The molecule has 1 heterocycles. The van der Waals surface area contributed by atoms with E-state index in [-0.39, 0.29) is 11.3 Å². The molecule has 0 unspecified atom stereocenters. The van der Waals surface area contributed by atoms with Gasteiger partial charge < -0.3 is 21.1 Å². The molecule has 6 heteroatoms. The third-order valence-corrected chi connectivity index (χ3v) is 2.40. The maximum Gasteiger partial charge on any atom is 0.323 e. The highest BCUT2D eigenvalue weighted by Gasteiger charge is 2.28. The maximum atomic E-state index is 10.6. The number of carbonyl (C=O) groups is 1. The topological polar surface area (TPSA) is 117 Å². The summed E-state index contributed by atoms with van der Waals surface area (Å²) in [5, 5.41) is 28.1. The maximum absolute atomic E-state index is 10.6. The van der Waals surface area contributed by atoms with Crippen molar-refractivity contribution in [3.8, 4) is 5.75 Å². The Balaban J connectivity index is 3.22. The zero-order valence-electron chi connectivity index (χ0n) is 9.01. The standard InChI is InChI=1S/C10H14N2O4/c1-4-3-12-5(2)8(13)6(4)9(14)7(11)10(15)16/h3,7,9,13-14H,11H2,1-2H3,(H,15,16)/t7-,9+/m1/s1. The molecule has 2 atom stereocenters. The minimum absolute atomic E-state index is 0.113. The summed E-state index contributed by atoms with van der Waals surface area (Å²) in [6.07, 6.45) is -0.0125. The lowest BCUT2D eigenvalue weighted by atomic mass is 9.98. The monoisotopic (exact) mass is 226 g/mol. The van der Waals surface area contributed by atoms with Crippen LogP contribution in [0.4, 0.5) is 0 Å². The van der Waals surface area contributed by atoms with E-state index in [1.165, 1.54) is 6.20 Å². The van der Waals surface area contributed by atoms with Gasteiger partial charge in [-0.1, -0.05) is 0 Å². The van der Waals surface area contributed by atoms with Crippen molar-refractivity contribution in [3.05, 3.63) is 23.0 Å². The van der Waals surface area contributed by atoms with E-state index < -0.39 is 18.1 Å². The molecule has 6 nitrogen and oxygen atoms in total. The number of pyridine rings is 1. The number of aliphatic hydroxyl groups excluding tert-OH is 1. The van der Waals surface area contributed by atoms with Crippen LogP contribution in [-0.4, -0.2) is 32.3 Å². The number of nitrogens with zero attached hydrogens (tertiary/aromatic N) is 1. The Morgan fingerprint density at radius 1 is 1.50 bits per heavy atom. The fourth-order valence-corrected chi connectivity index (χ4v) is 1.39. The number of carboxylic acids is 1. The number of aromatic hydroxyl groups is 1. The van der Waals surface area contributed by atoms with Gasteiger partial charge in [0, 0.05) is 11.8 Å². The zero-order valence-corrected chi connectivity index (χ0v) is 9.01. The van der Waals surface area contributed by atoms with Crippen molar-refractivity contribution in [3.63, 3.8) is 0 Å². The van der Waals surface area contributed by atoms with Gasteiger partial charge in [-0.05, 0) is 19.4 Å². The Bertz CT molecular complexity index is 420. The number of nitrogens with two attached hydrogens (primary N) is 1. The van der Waals surface area contributed by atoms with Crippen LogP contribution in [0.5, 0.6) is 5.75 Å². The smallest absolute Gasteiger partial charge is 0.323 e. The first kappa shape index (κ1) is 12.4. The summed E-state index contributed by atoms with van der Waals surface area (Å²) in [4.78, 5) is 14.5. The normalized spacial score (nSPS) is 14.5. The third-order valence-electron chi connectivity index (χ3n) is 2.40. The lowest BCUT2D eigenvalue weighted by Gasteiger charge is -2.19. The van der Waals surface area contributed by atoms with Crippen molar-refractivity contribution in [2.45, 2.75) is 26.0 Å². The second-order valence-corrected chi connectivity index (χ2v) is 3.60. The minimum Gasteiger partial charge on any atom is -0.506 e. The van der Waals surface area contributed by atoms with Gasteiger partial charge in [0.15, 0.2) is 0 Å². The molecule has 1 aromatic heterocycles. The van der Waals surface area contributed by atoms with Crippen molar-refractivity contribution >= 4 is 5.97 Å². The molecule has 5 N–H and O–H groups in total. The van der Waals surface area contributed by atoms with Gasteiger partial charge in [0.1, 0.15) is 17.9 Å². The number of aliphatic carboxylic acids is 1. The number of aromatic nitrogens is 1. The van der Waals surface area contributed by atoms with E-state index in [0.29, 0.717) is 11.3 Å². The highest BCUT2D eigenvalue weighted by molar-refractivity contribution is 5.74. The van der Waals surface area contributed by atoms with Crippen LogP contribution in [-0.2, 0) is 4.79 Å². The molecule has 0 radical (unpaired) electrons. The van der Waals surface area contributed by atoms with Gasteiger partial charge >= 0.3 is 5.97 Å². The van der Waals surface area contributed by atoms with Crippen molar-refractivity contribution < 1.29 is 20.1 Å². The summed E-state index contributed by atoms with van der Waals surface area (Å²) in [5.74, 6) is -1.55. The molecule has 16 heavy (non-hydrogen) atoms. The molecule has 0 saturated carbocycles. The number of rotatable bonds is 3. The number of aliphatic hydroxyl groups is 1. The second-order valence-electron chi connectivity index (χ2n) is 3.60. The molecular weight excluding hydrogens is 212 g/mol. The summed E-state index contributed by atoms with van der Waals surface area (Å²) >= 11 is 0. The predicted octanol–water partition coefficient (Wildman–Crippen LogP) is -0.151. The molecule has 0 aliphatic carbocycles. The Morgan fingerprint density at radius 2 is 2.06 bits per heavy atom. The molecule has 0 aliphatic heterocycles. The molecule has 0 spiro atoms. The van der Waals surface area contributed by atoms with Crippen molar-refractivity contribution in [1.29, 1.82) is 0 Å². The summed E-state index contributed by atoms with van der Waals surface area (Å²) < 4.78 is 0. The average molecular weight is 226 g/mol. The van der Waals surface area contributed by atoms with Gasteiger partial charge in [0.25, 0.3) is 0 Å². The number of aryl methyl sites for hydroxylation is 2. The van der Waals surface area contributed by atoms with Crippen molar-refractivity contribution in [1.82, 2.24) is 4.98 Å². The summed E-state index contributed by atoms with van der Waals surface area (Å²) in [7, 11) is 0. The van der Waals surface area contributed by atoms with E-state index in [9.17, 15) is 15.0 Å². The lowest BCUT2D eigenvalue weighted by molar-refractivity contribution is -0.141. The van der Waals surface area contributed by atoms with E-state index in [1.54, 1.807) is 13.8 Å². The average Bonchev–Trinajstić information content (AvgIpc) is 2.22. The molecule has 0 aromatic carbocycles. The van der Waals surface area contributed by atoms with Crippen LogP contribution >= 0.6 is 0 Å². The lowest BCUT2D eigenvalue weighted by Crippen LogP contribution is -2.36. The van der Waals surface area contributed by atoms with Crippen LogP contribution in [0.25, 0.3) is 0 Å². The number of hydrogen-bond acceptors (Lipinski definition) is 5. The Hall–Kier alpha value is -1.66. The molecule has 1 aromatic rings. The molecule has 0 bridgehead atoms. The van der Waals surface area contributed by atoms with Gasteiger partial charge in [0.05, 0.1) is 5.69 Å². The summed E-state index contributed by atoms with van der Waals surface area (Å²) in [6.45, 7) is 3.16. The van der Waals surface area contributed by atoms with Gasteiger partial charge in [-0.25, -0.2) is 0 Å². The molecule has 0 saturated heterocycles. The Morgan fingerprint density at radius 3 is 2.56 bits per heavy atom. The fraction of sp³-hybridized carbons (Fsp3) is 0.400. The quantitative estimate of drug-likeness (QED) is 0.569. The van der Waals surface area contributed by atoms with Crippen LogP contribution in [0.3, 0.4) is 0 Å². The first-order valence-electron chi connectivity index (χ1n) is 4.67. The Labute approximate surface area is 92.4 Å². The van der Waals surface area contributed by atoms with Gasteiger partial charge in [-0.2, -0.15) is 0 Å². The second kappa shape index (κ2) is 4.46. The minimum atomic E-state index is -1.48. The molecule has 0 fully saturated rings. The zero-order chi connectivity index (χ0) is 12.5. The molecule has 0 aliphatic rings. The van der Waals surface area contributed by atoms with Crippen molar-refractivity contribution in [2.75, 3.05) is 0 Å². The number of hydrogen-bond donors (Lipinski definition) is 4. The summed E-state index contributed by atoms with van der Waals surface area (Å²) in [6, 6.07) is -1.48.